The lowest BCUT2D eigenvalue weighted by Crippen LogP contribution is -2.28. The van der Waals surface area contributed by atoms with Crippen molar-refractivity contribution < 1.29 is 13.2 Å². The van der Waals surface area contributed by atoms with E-state index in [-0.39, 0.29) is 10.8 Å². The fourth-order valence-electron chi connectivity index (χ4n) is 4.74. The Bertz CT molecular complexity index is 1560. The molecule has 0 spiro atoms. The molecule has 0 heterocycles. The summed E-state index contributed by atoms with van der Waals surface area (Å²) < 4.78 is 26.8. The molecule has 1 N–H and O–H groups in total. The zero-order valence-corrected chi connectivity index (χ0v) is 21.1. The molecule has 4 aromatic carbocycles. The van der Waals surface area contributed by atoms with Crippen LogP contribution in [-0.2, 0) is 14.8 Å². The van der Waals surface area contributed by atoms with Crippen molar-refractivity contribution in [3.05, 3.63) is 143 Å². The molecule has 1 aliphatic carbocycles. The summed E-state index contributed by atoms with van der Waals surface area (Å²) in [5.41, 5.74) is 7.17. The second kappa shape index (κ2) is 10.8. The highest BCUT2D eigenvalue weighted by Crippen LogP contribution is 2.39. The third-order valence-corrected chi connectivity index (χ3v) is 7.97. The van der Waals surface area contributed by atoms with Gasteiger partial charge >= 0.3 is 0 Å². The summed E-state index contributed by atoms with van der Waals surface area (Å²) >= 11 is 0. The Hall–Kier alpha value is -4.22. The SMILES string of the molecule is O=C(C=Cc1ccc(C2CCC(c3ccccc3)=Cc3ccccc32)cc1)NS(=O)(=O)c1ccccc1. The number of allylic oxidation sites excluding steroid dienone is 1. The number of sulfonamides is 1. The second-order valence-electron chi connectivity index (χ2n) is 9.04. The number of carbonyl (C=O) groups excluding carboxylic acids is 1. The van der Waals surface area contributed by atoms with Crippen LogP contribution in [0.4, 0.5) is 0 Å². The summed E-state index contributed by atoms with van der Waals surface area (Å²) in [7, 11) is -3.90. The van der Waals surface area contributed by atoms with Crippen molar-refractivity contribution in [3.63, 3.8) is 0 Å². The van der Waals surface area contributed by atoms with E-state index in [0.29, 0.717) is 0 Å². The quantitative estimate of drug-likeness (QED) is 0.298. The van der Waals surface area contributed by atoms with Crippen molar-refractivity contribution in [3.8, 4) is 0 Å². The van der Waals surface area contributed by atoms with Gasteiger partial charge in [-0.15, -0.1) is 0 Å². The third kappa shape index (κ3) is 5.79. The van der Waals surface area contributed by atoms with Gasteiger partial charge in [-0.3, -0.25) is 4.79 Å². The maximum atomic E-state index is 12.3. The molecule has 5 rings (SSSR count). The summed E-state index contributed by atoms with van der Waals surface area (Å²) in [6.45, 7) is 0. The molecule has 5 heteroatoms. The number of fused-ring (bicyclic) bond motifs is 1. The van der Waals surface area contributed by atoms with E-state index in [2.05, 4.69) is 71.5 Å². The molecule has 0 aromatic heterocycles. The van der Waals surface area contributed by atoms with Crippen LogP contribution in [0, 0.1) is 0 Å². The molecule has 0 bridgehead atoms. The molecule has 0 radical (unpaired) electrons. The van der Waals surface area contributed by atoms with Gasteiger partial charge in [-0.1, -0.05) is 103 Å². The lowest BCUT2D eigenvalue weighted by Gasteiger charge is -2.18. The van der Waals surface area contributed by atoms with Crippen molar-refractivity contribution in [2.75, 3.05) is 0 Å². The molecule has 4 aromatic rings. The molecule has 37 heavy (non-hydrogen) atoms. The van der Waals surface area contributed by atoms with Crippen molar-refractivity contribution >= 4 is 33.7 Å². The number of benzene rings is 4. The Morgan fingerprint density at radius 2 is 1.43 bits per heavy atom. The van der Waals surface area contributed by atoms with Gasteiger partial charge in [0.2, 0.25) is 0 Å². The largest absolute Gasteiger partial charge is 0.269 e. The summed E-state index contributed by atoms with van der Waals surface area (Å²) in [6, 6.07) is 35.0. The molecular weight excluding hydrogens is 478 g/mol. The van der Waals surface area contributed by atoms with Gasteiger partial charge in [-0.05, 0) is 64.4 Å². The van der Waals surface area contributed by atoms with Crippen molar-refractivity contribution in [2.45, 2.75) is 23.7 Å². The van der Waals surface area contributed by atoms with Crippen molar-refractivity contribution in [1.29, 1.82) is 0 Å². The molecule has 0 fully saturated rings. The minimum Gasteiger partial charge on any atom is -0.269 e. The van der Waals surface area contributed by atoms with E-state index in [9.17, 15) is 13.2 Å². The van der Waals surface area contributed by atoms with Gasteiger partial charge in [-0.25, -0.2) is 13.1 Å². The molecule has 0 saturated heterocycles. The summed E-state index contributed by atoms with van der Waals surface area (Å²) in [6.07, 6.45) is 7.14. The lowest BCUT2D eigenvalue weighted by molar-refractivity contribution is -0.114. The van der Waals surface area contributed by atoms with Crippen molar-refractivity contribution in [2.24, 2.45) is 0 Å². The molecule has 0 saturated carbocycles. The van der Waals surface area contributed by atoms with Gasteiger partial charge in [0.1, 0.15) is 0 Å². The van der Waals surface area contributed by atoms with Gasteiger partial charge in [0, 0.05) is 12.0 Å². The minimum atomic E-state index is -3.90. The zero-order valence-electron chi connectivity index (χ0n) is 20.2. The van der Waals surface area contributed by atoms with Crippen LogP contribution in [0.1, 0.15) is 46.6 Å². The van der Waals surface area contributed by atoms with Crippen LogP contribution in [0.15, 0.2) is 120 Å². The predicted molar refractivity (Wildman–Crippen MR) is 149 cm³/mol. The minimum absolute atomic E-state index is 0.0506. The topological polar surface area (TPSA) is 63.2 Å². The predicted octanol–water partition coefficient (Wildman–Crippen LogP) is 6.67. The highest BCUT2D eigenvalue weighted by molar-refractivity contribution is 7.90. The van der Waals surface area contributed by atoms with E-state index in [0.717, 1.165) is 18.4 Å². The molecule has 1 unspecified atom stereocenters. The third-order valence-electron chi connectivity index (χ3n) is 6.60. The van der Waals surface area contributed by atoms with E-state index in [1.165, 1.54) is 46.0 Å². The Labute approximate surface area is 218 Å². The van der Waals surface area contributed by atoms with E-state index in [1.54, 1.807) is 24.3 Å². The monoisotopic (exact) mass is 505 g/mol. The van der Waals surface area contributed by atoms with Gasteiger partial charge in [-0.2, -0.15) is 0 Å². The van der Waals surface area contributed by atoms with Crippen LogP contribution < -0.4 is 4.72 Å². The van der Waals surface area contributed by atoms with E-state index >= 15 is 0 Å². The Kier molecular flexibility index (Phi) is 7.15. The first-order valence-electron chi connectivity index (χ1n) is 12.2. The number of carbonyl (C=O) groups is 1. The van der Waals surface area contributed by atoms with Crippen LogP contribution in [0.3, 0.4) is 0 Å². The Morgan fingerprint density at radius 1 is 0.784 bits per heavy atom. The number of hydrogen-bond donors (Lipinski definition) is 1. The average molecular weight is 506 g/mol. The number of hydrogen-bond acceptors (Lipinski definition) is 3. The van der Waals surface area contributed by atoms with Crippen LogP contribution in [0.5, 0.6) is 0 Å². The van der Waals surface area contributed by atoms with Gasteiger partial charge < -0.3 is 0 Å². The first-order chi connectivity index (χ1) is 18.0. The lowest BCUT2D eigenvalue weighted by atomic mass is 9.86. The van der Waals surface area contributed by atoms with Crippen LogP contribution >= 0.6 is 0 Å². The average Bonchev–Trinajstić information content (AvgIpc) is 3.13. The Balaban J connectivity index is 1.31. The number of rotatable bonds is 6. The molecule has 0 aliphatic heterocycles. The summed E-state index contributed by atoms with van der Waals surface area (Å²) in [5.74, 6) is -0.434. The molecule has 1 aliphatic rings. The normalized spacial score (nSPS) is 15.5. The highest BCUT2D eigenvalue weighted by atomic mass is 32.2. The maximum Gasteiger partial charge on any atom is 0.264 e. The summed E-state index contributed by atoms with van der Waals surface area (Å²) in [4.78, 5) is 12.3. The number of amides is 1. The van der Waals surface area contributed by atoms with E-state index < -0.39 is 15.9 Å². The maximum absolute atomic E-state index is 12.3. The van der Waals surface area contributed by atoms with Crippen LogP contribution in [0.25, 0.3) is 17.7 Å². The first kappa shape index (κ1) is 24.5. The van der Waals surface area contributed by atoms with Gasteiger partial charge in [0.15, 0.2) is 0 Å². The van der Waals surface area contributed by atoms with Gasteiger partial charge in [0.05, 0.1) is 4.90 Å². The van der Waals surface area contributed by atoms with E-state index in [1.807, 2.05) is 18.2 Å². The van der Waals surface area contributed by atoms with E-state index in [4.69, 9.17) is 0 Å². The summed E-state index contributed by atoms with van der Waals surface area (Å²) in [5, 5.41) is 0. The van der Waals surface area contributed by atoms with Gasteiger partial charge in [0.25, 0.3) is 15.9 Å². The molecule has 184 valence electrons. The fraction of sp³-hybridized carbons (Fsp3) is 0.0938. The molecular formula is C32H27NO3S. The fourth-order valence-corrected chi connectivity index (χ4v) is 5.70. The van der Waals surface area contributed by atoms with Crippen LogP contribution in [0.2, 0.25) is 0 Å². The second-order valence-corrected chi connectivity index (χ2v) is 10.7. The van der Waals surface area contributed by atoms with Crippen LogP contribution in [-0.4, -0.2) is 14.3 Å². The molecule has 4 nitrogen and oxygen atoms in total. The Morgan fingerprint density at radius 3 is 2.16 bits per heavy atom. The molecule has 1 amide bonds. The standard InChI is InChI=1S/C32H27NO3S/c34-32(33-37(35,36)29-12-5-2-6-13-29)22-17-24-15-18-26(19-16-24)31-21-20-27(25-9-3-1-4-10-25)23-28-11-7-8-14-30(28)31/h1-19,22-23,31H,20-21H2,(H,33,34). The smallest absolute Gasteiger partial charge is 0.264 e. The molecule has 1 atom stereocenters. The van der Waals surface area contributed by atoms with Crippen molar-refractivity contribution in [1.82, 2.24) is 4.72 Å². The zero-order chi connectivity index (χ0) is 25.7. The number of nitrogens with one attached hydrogen (secondary N) is 1. The first-order valence-corrected chi connectivity index (χ1v) is 13.7. The highest BCUT2D eigenvalue weighted by Gasteiger charge is 2.21.